The number of pyridine rings is 3. The molecule has 2 amide bonds. The number of anilines is 1. The summed E-state index contributed by atoms with van der Waals surface area (Å²) in [6.45, 7) is 21.8. The van der Waals surface area contributed by atoms with Gasteiger partial charge in [0.2, 0.25) is 11.8 Å². The monoisotopic (exact) mass is 1910 g/mol. The zero-order chi connectivity index (χ0) is 101. The average molecular weight is 1920 g/mol. The second-order valence-electron chi connectivity index (χ2n) is 36.5. The maximum atomic E-state index is 13.3. The Morgan fingerprint density at radius 2 is 0.821 bits per heavy atom. The Bertz CT molecular complexity index is 7650. The Labute approximate surface area is 843 Å². The maximum Gasteiger partial charge on any atom is 0.250 e. The first-order valence-electron chi connectivity index (χ1n) is 47.9. The molecular weight excluding hydrogens is 1810 g/mol. The number of likely N-dealkylation sites (N-methyl/N-ethyl adjacent to an activating group) is 1. The van der Waals surface area contributed by atoms with Gasteiger partial charge in [-0.3, -0.25) is 53.4 Å². The highest BCUT2D eigenvalue weighted by atomic mass is 16.2. The van der Waals surface area contributed by atoms with Crippen LogP contribution in [-0.4, -0.2) is 155 Å². The number of carbonyl (C=O) groups is 7. The normalized spacial score (nSPS) is 12.4. The molecule has 17 aromatic rings. The number of rotatable bonds is 32. The molecule has 8 aromatic carbocycles. The van der Waals surface area contributed by atoms with Crippen molar-refractivity contribution >= 4 is 57.3 Å². The van der Waals surface area contributed by atoms with E-state index in [1.165, 1.54) is 30.1 Å². The van der Waals surface area contributed by atoms with Gasteiger partial charge in [0.1, 0.15) is 29.6 Å². The minimum absolute atomic E-state index is 0.0266. The minimum Gasteiger partial charge on any atom is -0.361 e. The van der Waals surface area contributed by atoms with Gasteiger partial charge in [0.25, 0.3) is 0 Å². The van der Waals surface area contributed by atoms with Crippen molar-refractivity contribution in [2.45, 2.75) is 111 Å². The molecule has 0 bridgehead atoms. The molecule has 9 aromatic heterocycles. The third kappa shape index (κ3) is 26.6. The van der Waals surface area contributed by atoms with Crippen molar-refractivity contribution in [1.82, 2.24) is 84.9 Å². The number of nitrogens with zero attached hydrogens (tertiary/aromatic N) is 16. The number of H-pyrrole nitrogens is 1. The van der Waals surface area contributed by atoms with Crippen LogP contribution in [0.4, 0.5) is 5.69 Å². The molecule has 25 heteroatoms. The molecule has 19 rings (SSSR count). The van der Waals surface area contributed by atoms with Crippen molar-refractivity contribution in [2.75, 3.05) is 39.1 Å². The number of ketones is 5. The molecule has 2 aliphatic rings. The van der Waals surface area contributed by atoms with Crippen molar-refractivity contribution in [2.24, 2.45) is 0 Å². The van der Waals surface area contributed by atoms with E-state index in [9.17, 15) is 33.6 Å². The van der Waals surface area contributed by atoms with Gasteiger partial charge in [-0.15, -0.1) is 0 Å². The zero-order valence-electron chi connectivity index (χ0n) is 82.1. The van der Waals surface area contributed by atoms with Crippen LogP contribution in [0.2, 0.25) is 0 Å². The predicted molar refractivity (Wildman–Crippen MR) is 565 cm³/mol. The molecule has 2 aliphatic heterocycles. The summed E-state index contributed by atoms with van der Waals surface area (Å²) >= 11 is 0. The number of aromatic amines is 1. The lowest BCUT2D eigenvalue weighted by molar-refractivity contribution is -0.117. The lowest BCUT2D eigenvalue weighted by Crippen LogP contribution is -2.39. The highest BCUT2D eigenvalue weighted by Crippen LogP contribution is 2.34. The molecule has 722 valence electrons. The van der Waals surface area contributed by atoms with Crippen LogP contribution in [0.5, 0.6) is 0 Å². The molecular formula is C120H110N18O7. The molecule has 2 N–H and O–H groups in total. The van der Waals surface area contributed by atoms with E-state index in [1.807, 2.05) is 190 Å². The fraction of sp³-hybridized carbons (Fsp3) is 0.183. The fourth-order valence-corrected chi connectivity index (χ4v) is 17.7. The number of fused-ring (bicyclic) bond motifs is 3. The number of allylic oxidation sites excluding steroid dienone is 1. The summed E-state index contributed by atoms with van der Waals surface area (Å²) in [6.07, 6.45) is 33.1. The van der Waals surface area contributed by atoms with Crippen molar-refractivity contribution < 1.29 is 33.6 Å². The van der Waals surface area contributed by atoms with E-state index >= 15 is 0 Å². The van der Waals surface area contributed by atoms with Crippen LogP contribution in [0.15, 0.2) is 337 Å². The van der Waals surface area contributed by atoms with Gasteiger partial charge >= 0.3 is 0 Å². The van der Waals surface area contributed by atoms with Gasteiger partial charge in [-0.1, -0.05) is 141 Å². The standard InChI is InChI=1S/C32H31N5O2.C30H29N5O.C30H26N4O2.C28H24N4O2/c1-4-32(39)36-29-20-37(3)19-26-16-23(9-10-27(26)29)30(38)15-22-8-7-21(2)25(14-22)17-31-34-13-11-28(35-31)24-6-5-12-33-18-24;1-20-6-7-21(13-24(20)16-30-32-12-10-27(34-30)23-5-4-11-31-17-23)14-29(36)22-8-9-26-25(19-35(2)3)18-33-28(26)15-22;1-3-30(36)34-14-11-22-17-23(8-9-27(22)34)28(35)16-21-7-6-20(2)25(15-21)18-29-32-13-10-26(33-29)24-5-4-12-31-19-24;1-3-25(33)13-20-6-8-22(9-7-20)27(34)14-21-5-4-19(2)23(12-21)15-28-31-11-10-26(32-28)24-16-29-18-30-17-24/h4-14,16,18,29H,1,15,17,19-20H2,2-3H3,(H,36,39);4-13,15,17-18,33H,14,16,19H2,1-3H3;3-10,12-13,15,17,19H,1,11,14,16,18H2,2H3;3-12,16-18H,1,13-15H2,2H3. The lowest BCUT2D eigenvalue weighted by Gasteiger charge is -2.32. The third-order valence-electron chi connectivity index (χ3n) is 25.5. The second-order valence-corrected chi connectivity index (χ2v) is 36.5. The number of aryl methyl sites for hydroxylation is 4. The summed E-state index contributed by atoms with van der Waals surface area (Å²) in [5, 5.41) is 4.15. The quantitative estimate of drug-likeness (QED) is 0.0292. The van der Waals surface area contributed by atoms with Gasteiger partial charge in [0, 0.05) is 226 Å². The van der Waals surface area contributed by atoms with Gasteiger partial charge in [-0.2, -0.15) is 0 Å². The summed E-state index contributed by atoms with van der Waals surface area (Å²) in [6, 6.07) is 68.0. The number of hydrogen-bond acceptors (Lipinski definition) is 22. The minimum atomic E-state index is -0.203. The number of aromatic nitrogens is 14. The van der Waals surface area contributed by atoms with E-state index in [4.69, 9.17) is 15.0 Å². The summed E-state index contributed by atoms with van der Waals surface area (Å²) in [7, 11) is 6.11. The molecule has 0 saturated carbocycles. The van der Waals surface area contributed by atoms with Crippen molar-refractivity contribution in [1.29, 1.82) is 0 Å². The number of hydrogen-bond donors (Lipinski definition) is 2. The topological polar surface area (TPSA) is 325 Å². The first-order valence-corrected chi connectivity index (χ1v) is 47.9. The number of amides is 2. The Balaban J connectivity index is 0.000000139. The largest absolute Gasteiger partial charge is 0.361 e. The smallest absolute Gasteiger partial charge is 0.250 e. The van der Waals surface area contributed by atoms with E-state index in [1.54, 1.807) is 91.4 Å². The average Bonchev–Trinajstić information content (AvgIpc) is 1.72. The molecule has 0 fully saturated rings. The molecule has 1 unspecified atom stereocenters. The SMILES string of the molecule is C=CC(=O)Cc1ccc(C(=O)Cc2ccc(C)c(Cc3nccc(-c4cncnc4)n3)c2)cc1.C=CC(=O)N1CCc2cc(C(=O)Cc3ccc(C)c(Cc4nccc(-c5cccnc5)n4)c3)ccc21.C=CC(=O)NC1CN(C)Cc2cc(C(=O)Cc3ccc(C)c(Cc4nccc(-c5cccnc5)n4)c3)ccc21.Cc1ccc(CC(=O)c2ccc3c(CN(C)C)c[nH]c3c2)cc1Cc1nccc(-c2cccnc2)n1. The fourth-order valence-electron chi connectivity index (χ4n) is 17.7. The van der Waals surface area contributed by atoms with Crippen molar-refractivity contribution in [3.8, 4) is 45.0 Å². The van der Waals surface area contributed by atoms with Gasteiger partial charge in [-0.05, 0) is 259 Å². The molecule has 0 saturated heterocycles. The van der Waals surface area contributed by atoms with Crippen LogP contribution in [0.3, 0.4) is 0 Å². The van der Waals surface area contributed by atoms with Crippen molar-refractivity contribution in [3.63, 3.8) is 0 Å². The Morgan fingerprint density at radius 3 is 1.25 bits per heavy atom. The van der Waals surface area contributed by atoms with Crippen LogP contribution in [0.1, 0.15) is 165 Å². The summed E-state index contributed by atoms with van der Waals surface area (Å²) in [5.41, 5.74) is 29.5. The van der Waals surface area contributed by atoms with Gasteiger partial charge in [0.15, 0.2) is 28.9 Å². The van der Waals surface area contributed by atoms with E-state index in [0.717, 1.165) is 193 Å². The lowest BCUT2D eigenvalue weighted by atomic mass is 9.91. The number of benzene rings is 8. The van der Waals surface area contributed by atoms with Crippen molar-refractivity contribution in [3.05, 3.63) is 477 Å². The second kappa shape index (κ2) is 47.7. The van der Waals surface area contributed by atoms with E-state index in [2.05, 4.69) is 155 Å². The highest BCUT2D eigenvalue weighted by molar-refractivity contribution is 6.05. The maximum absolute atomic E-state index is 13.3. The molecule has 0 aliphatic carbocycles. The number of Topliss-reactive ketones (excluding diaryl/α,β-unsaturated/α-hetero) is 4. The highest BCUT2D eigenvalue weighted by Gasteiger charge is 2.28. The molecule has 1 atom stereocenters. The summed E-state index contributed by atoms with van der Waals surface area (Å²) in [4.78, 5) is 155. The molecule has 11 heterocycles. The zero-order valence-corrected chi connectivity index (χ0v) is 82.1. The van der Waals surface area contributed by atoms with E-state index in [-0.39, 0.29) is 46.8 Å². The molecule has 25 nitrogen and oxygen atoms in total. The van der Waals surface area contributed by atoms with Crippen LogP contribution < -0.4 is 10.2 Å². The van der Waals surface area contributed by atoms with E-state index < -0.39 is 0 Å². The van der Waals surface area contributed by atoms with Crippen LogP contribution in [0.25, 0.3) is 55.9 Å². The predicted octanol–water partition coefficient (Wildman–Crippen LogP) is 19.6. The molecule has 0 radical (unpaired) electrons. The van der Waals surface area contributed by atoms with Gasteiger partial charge in [0.05, 0.1) is 28.8 Å². The Kier molecular flexibility index (Phi) is 33.1. The van der Waals surface area contributed by atoms with Crippen LogP contribution >= 0.6 is 0 Å². The number of nitrogens with one attached hydrogen (secondary N) is 2. The summed E-state index contributed by atoms with van der Waals surface area (Å²) in [5.74, 6) is 2.76. The first-order chi connectivity index (χ1) is 70.4. The van der Waals surface area contributed by atoms with Crippen LogP contribution in [0, 0.1) is 27.7 Å². The van der Waals surface area contributed by atoms with Gasteiger partial charge in [-0.25, -0.2) is 49.8 Å². The first kappa shape index (κ1) is 101. The summed E-state index contributed by atoms with van der Waals surface area (Å²) < 4.78 is 0. The number of carbonyl (C=O) groups excluding carboxylic acids is 7. The Morgan fingerprint density at radius 1 is 0.414 bits per heavy atom. The molecule has 145 heavy (non-hydrogen) atoms. The van der Waals surface area contributed by atoms with Crippen LogP contribution in [-0.2, 0) is 91.7 Å². The molecule has 0 spiro atoms. The van der Waals surface area contributed by atoms with E-state index in [0.29, 0.717) is 93.4 Å². The van der Waals surface area contributed by atoms with Gasteiger partial charge < -0.3 is 20.1 Å². The third-order valence-corrected chi connectivity index (χ3v) is 25.5. The Hall–Kier alpha value is -17.4.